The molecule has 0 heterocycles. The Balaban J connectivity index is 2.15. The van der Waals surface area contributed by atoms with Crippen molar-refractivity contribution in [2.75, 3.05) is 13.2 Å². The van der Waals surface area contributed by atoms with Gasteiger partial charge < -0.3 is 19.7 Å². The maximum atomic E-state index is 9.36. The van der Waals surface area contributed by atoms with Gasteiger partial charge >= 0.3 is 0 Å². The molecule has 0 bridgehead atoms. The zero-order chi connectivity index (χ0) is 21.0. The van der Waals surface area contributed by atoms with Crippen LogP contribution >= 0.6 is 0 Å². The average Bonchev–Trinajstić information content (AvgIpc) is 2.62. The highest BCUT2D eigenvalue weighted by atomic mass is 16.5. The van der Waals surface area contributed by atoms with Gasteiger partial charge in [-0.2, -0.15) is 0 Å². The molecule has 0 aliphatic heterocycles. The first-order chi connectivity index (χ1) is 13.0. The number of benzene rings is 2. The van der Waals surface area contributed by atoms with Crippen molar-refractivity contribution in [3.8, 4) is 11.5 Å². The van der Waals surface area contributed by atoms with E-state index >= 15 is 0 Å². The van der Waals surface area contributed by atoms with Crippen LogP contribution in [0.3, 0.4) is 0 Å². The van der Waals surface area contributed by atoms with Gasteiger partial charge in [0.15, 0.2) is 0 Å². The van der Waals surface area contributed by atoms with E-state index in [0.717, 1.165) is 11.5 Å². The fraction of sp³-hybridized carbons (Fsp3) is 0.500. The SMILES string of the molecule is CC(C)(CO)Oc1ccc(C(C)(C)c2ccc(OC(C)(C)CCO)cc2)cc1. The van der Waals surface area contributed by atoms with Gasteiger partial charge in [-0.3, -0.25) is 0 Å². The minimum Gasteiger partial charge on any atom is -0.488 e. The van der Waals surface area contributed by atoms with Crippen LogP contribution in [0.2, 0.25) is 0 Å². The first-order valence-corrected chi connectivity index (χ1v) is 9.80. The zero-order valence-corrected chi connectivity index (χ0v) is 18.0. The molecule has 0 aliphatic carbocycles. The summed E-state index contributed by atoms with van der Waals surface area (Å²) in [5, 5.41) is 18.5. The first kappa shape index (κ1) is 22.3. The van der Waals surface area contributed by atoms with Crippen molar-refractivity contribution in [3.63, 3.8) is 0 Å². The second-order valence-electron chi connectivity index (χ2n) is 9.03. The number of rotatable bonds is 9. The van der Waals surface area contributed by atoms with Gasteiger partial charge in [-0.05, 0) is 63.1 Å². The van der Waals surface area contributed by atoms with E-state index in [1.54, 1.807) is 0 Å². The van der Waals surface area contributed by atoms with Crippen LogP contribution in [0, 0.1) is 0 Å². The third-order valence-corrected chi connectivity index (χ3v) is 5.03. The molecular formula is C24H34O4. The molecule has 0 saturated heterocycles. The predicted molar refractivity (Wildman–Crippen MR) is 113 cm³/mol. The first-order valence-electron chi connectivity index (χ1n) is 9.80. The summed E-state index contributed by atoms with van der Waals surface area (Å²) < 4.78 is 11.8. The molecule has 0 radical (unpaired) electrons. The predicted octanol–water partition coefficient (Wildman–Crippen LogP) is 4.70. The van der Waals surface area contributed by atoms with Crippen LogP contribution in [-0.4, -0.2) is 34.6 Å². The lowest BCUT2D eigenvalue weighted by Crippen LogP contribution is -2.32. The molecule has 0 fully saturated rings. The largest absolute Gasteiger partial charge is 0.488 e. The quantitative estimate of drug-likeness (QED) is 0.656. The fourth-order valence-corrected chi connectivity index (χ4v) is 3.04. The molecule has 4 nitrogen and oxygen atoms in total. The lowest BCUT2D eigenvalue weighted by atomic mass is 9.78. The van der Waals surface area contributed by atoms with Crippen LogP contribution in [0.1, 0.15) is 59.1 Å². The molecule has 0 aromatic heterocycles. The summed E-state index contributed by atoms with van der Waals surface area (Å²) in [6, 6.07) is 16.2. The van der Waals surface area contributed by atoms with Crippen molar-refractivity contribution in [2.45, 2.75) is 64.6 Å². The highest BCUT2D eigenvalue weighted by molar-refractivity contribution is 5.42. The summed E-state index contributed by atoms with van der Waals surface area (Å²) in [7, 11) is 0. The van der Waals surface area contributed by atoms with Crippen LogP contribution < -0.4 is 9.47 Å². The smallest absolute Gasteiger partial charge is 0.126 e. The van der Waals surface area contributed by atoms with Crippen molar-refractivity contribution in [2.24, 2.45) is 0 Å². The van der Waals surface area contributed by atoms with Crippen molar-refractivity contribution < 1.29 is 19.7 Å². The molecule has 2 aromatic rings. The van der Waals surface area contributed by atoms with Gasteiger partial charge in [0.25, 0.3) is 0 Å². The Kier molecular flexibility index (Phi) is 6.79. The molecular weight excluding hydrogens is 352 g/mol. The van der Waals surface area contributed by atoms with Crippen molar-refractivity contribution in [3.05, 3.63) is 59.7 Å². The Bertz CT molecular complexity index is 743. The average molecular weight is 387 g/mol. The summed E-state index contributed by atoms with van der Waals surface area (Å²) in [6.07, 6.45) is 0.585. The Morgan fingerprint density at radius 3 is 1.39 bits per heavy atom. The molecule has 4 heteroatoms. The van der Waals surface area contributed by atoms with Crippen LogP contribution in [-0.2, 0) is 5.41 Å². The number of aliphatic hydroxyl groups is 2. The Morgan fingerprint density at radius 2 is 1.04 bits per heavy atom. The number of ether oxygens (including phenoxy) is 2. The number of hydrogen-bond acceptors (Lipinski definition) is 4. The molecule has 0 saturated carbocycles. The lowest BCUT2D eigenvalue weighted by molar-refractivity contribution is 0.0412. The minimum absolute atomic E-state index is 0.0379. The second kappa shape index (κ2) is 8.54. The molecule has 0 amide bonds. The molecule has 0 spiro atoms. The van der Waals surface area contributed by atoms with Gasteiger partial charge in [0.1, 0.15) is 22.7 Å². The lowest BCUT2D eigenvalue weighted by Gasteiger charge is -2.29. The van der Waals surface area contributed by atoms with Crippen LogP contribution in [0.25, 0.3) is 0 Å². The van der Waals surface area contributed by atoms with E-state index in [1.807, 2.05) is 52.0 Å². The van der Waals surface area contributed by atoms with Crippen molar-refractivity contribution in [1.29, 1.82) is 0 Å². The van der Waals surface area contributed by atoms with Crippen LogP contribution in [0.4, 0.5) is 0 Å². The Labute approximate surface area is 169 Å². The summed E-state index contributed by atoms with van der Waals surface area (Å²) in [4.78, 5) is 0. The van der Waals surface area contributed by atoms with Crippen LogP contribution in [0.5, 0.6) is 11.5 Å². The topological polar surface area (TPSA) is 58.9 Å². The van der Waals surface area contributed by atoms with Gasteiger partial charge in [-0.15, -0.1) is 0 Å². The van der Waals surface area contributed by atoms with Crippen molar-refractivity contribution in [1.82, 2.24) is 0 Å². The maximum absolute atomic E-state index is 9.36. The number of aliphatic hydroxyl groups excluding tert-OH is 2. The highest BCUT2D eigenvalue weighted by Gasteiger charge is 2.25. The molecule has 2 N–H and O–H groups in total. The third kappa shape index (κ3) is 5.73. The zero-order valence-electron chi connectivity index (χ0n) is 18.0. The minimum atomic E-state index is -0.601. The molecule has 2 rings (SSSR count). The van der Waals surface area contributed by atoms with Crippen molar-refractivity contribution >= 4 is 0 Å². The molecule has 2 aromatic carbocycles. The molecule has 0 unspecified atom stereocenters. The van der Waals surface area contributed by atoms with Gasteiger partial charge in [0.05, 0.1) is 6.61 Å². The maximum Gasteiger partial charge on any atom is 0.126 e. The van der Waals surface area contributed by atoms with E-state index < -0.39 is 11.2 Å². The summed E-state index contributed by atoms with van der Waals surface area (Å²) >= 11 is 0. The van der Waals surface area contributed by atoms with Gasteiger partial charge in [-0.25, -0.2) is 0 Å². The third-order valence-electron chi connectivity index (χ3n) is 5.03. The van der Waals surface area contributed by atoms with E-state index in [2.05, 4.69) is 38.1 Å². The van der Waals surface area contributed by atoms with E-state index in [0.29, 0.717) is 6.42 Å². The second-order valence-corrected chi connectivity index (χ2v) is 9.03. The van der Waals surface area contributed by atoms with E-state index in [1.165, 1.54) is 11.1 Å². The molecule has 154 valence electrons. The summed E-state index contributed by atoms with van der Waals surface area (Å²) in [5.74, 6) is 1.54. The van der Waals surface area contributed by atoms with Gasteiger partial charge in [0.2, 0.25) is 0 Å². The highest BCUT2D eigenvalue weighted by Crippen LogP contribution is 2.34. The Hall–Kier alpha value is -2.04. The van der Waals surface area contributed by atoms with E-state index in [-0.39, 0.29) is 18.6 Å². The van der Waals surface area contributed by atoms with E-state index in [4.69, 9.17) is 14.6 Å². The monoisotopic (exact) mass is 386 g/mol. The van der Waals surface area contributed by atoms with Crippen LogP contribution in [0.15, 0.2) is 48.5 Å². The van der Waals surface area contributed by atoms with E-state index in [9.17, 15) is 5.11 Å². The molecule has 28 heavy (non-hydrogen) atoms. The molecule has 0 atom stereocenters. The number of hydrogen-bond donors (Lipinski definition) is 2. The standard InChI is InChI=1S/C24H34O4/c1-22(2,15-16-25)27-20-11-7-18(8-12-20)24(5,6)19-9-13-21(14-10-19)28-23(3,4)17-26/h7-14,25-26H,15-17H2,1-6H3. The Morgan fingerprint density at radius 1 is 0.643 bits per heavy atom. The van der Waals surface area contributed by atoms with Gasteiger partial charge in [0, 0.05) is 18.4 Å². The normalized spacial score (nSPS) is 12.7. The summed E-state index contributed by atoms with van der Waals surface area (Å²) in [5.41, 5.74) is 1.19. The van der Waals surface area contributed by atoms with Gasteiger partial charge in [-0.1, -0.05) is 38.1 Å². The molecule has 0 aliphatic rings. The summed E-state index contributed by atoms with van der Waals surface area (Å²) in [6.45, 7) is 12.1. The fourth-order valence-electron chi connectivity index (χ4n) is 3.04.